The summed E-state index contributed by atoms with van der Waals surface area (Å²) in [4.78, 5) is 12.4. The summed E-state index contributed by atoms with van der Waals surface area (Å²) >= 11 is 0. The molecule has 0 amide bonds. The average molecular weight is 278 g/mol. The van der Waals surface area contributed by atoms with Crippen LogP contribution in [-0.2, 0) is 0 Å². The highest BCUT2D eigenvalue weighted by Gasteiger charge is 2.20. The number of rotatable bonds is 3. The summed E-state index contributed by atoms with van der Waals surface area (Å²) in [6, 6.07) is 17.8. The Labute approximate surface area is 127 Å². The van der Waals surface area contributed by atoms with Crippen molar-refractivity contribution in [2.24, 2.45) is 5.92 Å². The molecule has 1 saturated carbocycles. The molecule has 0 unspecified atom stereocenters. The molecule has 0 N–H and O–H groups in total. The van der Waals surface area contributed by atoms with Crippen LogP contribution in [0.25, 0.3) is 0 Å². The molecule has 108 valence electrons. The lowest BCUT2D eigenvalue weighted by molar-refractivity contribution is 0.103. The van der Waals surface area contributed by atoms with Gasteiger partial charge in [-0.15, -0.1) is 0 Å². The van der Waals surface area contributed by atoms with Crippen molar-refractivity contribution in [1.29, 1.82) is 0 Å². The lowest BCUT2D eigenvalue weighted by Gasteiger charge is -2.27. The van der Waals surface area contributed by atoms with Crippen LogP contribution in [0.15, 0.2) is 54.6 Å². The normalized spacial score (nSPS) is 22.0. The van der Waals surface area contributed by atoms with Crippen LogP contribution in [0.5, 0.6) is 0 Å². The zero-order chi connectivity index (χ0) is 14.7. The third kappa shape index (κ3) is 3.24. The van der Waals surface area contributed by atoms with E-state index in [1.54, 1.807) is 0 Å². The summed E-state index contributed by atoms with van der Waals surface area (Å²) < 4.78 is 0. The Morgan fingerprint density at radius 3 is 2.24 bits per heavy atom. The van der Waals surface area contributed by atoms with E-state index in [-0.39, 0.29) is 5.78 Å². The van der Waals surface area contributed by atoms with E-state index in [9.17, 15) is 4.79 Å². The van der Waals surface area contributed by atoms with Gasteiger partial charge >= 0.3 is 0 Å². The summed E-state index contributed by atoms with van der Waals surface area (Å²) in [5.41, 5.74) is 2.94. The SMILES string of the molecule is C[C@@H]1CCC[C@H](c2ccc(C(=O)c3ccccc3)cc2)C1. The highest BCUT2D eigenvalue weighted by molar-refractivity contribution is 6.08. The fourth-order valence-corrected chi connectivity index (χ4v) is 3.40. The van der Waals surface area contributed by atoms with Crippen LogP contribution in [0.1, 0.15) is 60.0 Å². The van der Waals surface area contributed by atoms with Gasteiger partial charge < -0.3 is 0 Å². The Morgan fingerprint density at radius 1 is 0.905 bits per heavy atom. The second-order valence-corrected chi connectivity index (χ2v) is 6.29. The smallest absolute Gasteiger partial charge is 0.193 e. The molecule has 21 heavy (non-hydrogen) atoms. The quantitative estimate of drug-likeness (QED) is 0.704. The van der Waals surface area contributed by atoms with Gasteiger partial charge in [-0.05, 0) is 30.2 Å². The van der Waals surface area contributed by atoms with Gasteiger partial charge in [0, 0.05) is 11.1 Å². The molecular formula is C20H22O. The number of carbonyl (C=O) groups is 1. The number of hydrogen-bond acceptors (Lipinski definition) is 1. The fourth-order valence-electron chi connectivity index (χ4n) is 3.40. The van der Waals surface area contributed by atoms with Crippen molar-refractivity contribution in [3.63, 3.8) is 0 Å². The van der Waals surface area contributed by atoms with E-state index in [2.05, 4.69) is 19.1 Å². The first-order valence-corrected chi connectivity index (χ1v) is 7.94. The maximum absolute atomic E-state index is 12.4. The van der Waals surface area contributed by atoms with Crippen LogP contribution < -0.4 is 0 Å². The molecule has 1 heteroatoms. The molecule has 0 spiro atoms. The predicted octanol–water partition coefficient (Wildman–Crippen LogP) is 5.21. The molecular weight excluding hydrogens is 256 g/mol. The fraction of sp³-hybridized carbons (Fsp3) is 0.350. The molecule has 0 radical (unpaired) electrons. The van der Waals surface area contributed by atoms with E-state index in [0.717, 1.165) is 17.0 Å². The Kier molecular flexibility index (Phi) is 4.19. The Balaban J connectivity index is 1.76. The van der Waals surface area contributed by atoms with Crippen LogP contribution in [0, 0.1) is 5.92 Å². The predicted molar refractivity (Wildman–Crippen MR) is 86.7 cm³/mol. The van der Waals surface area contributed by atoms with Crippen molar-refractivity contribution in [1.82, 2.24) is 0 Å². The molecule has 3 rings (SSSR count). The Morgan fingerprint density at radius 2 is 1.57 bits per heavy atom. The summed E-state index contributed by atoms with van der Waals surface area (Å²) in [6.07, 6.45) is 5.26. The van der Waals surface area contributed by atoms with Gasteiger partial charge in [-0.25, -0.2) is 0 Å². The third-order valence-corrected chi connectivity index (χ3v) is 4.62. The van der Waals surface area contributed by atoms with Crippen molar-refractivity contribution < 1.29 is 4.79 Å². The van der Waals surface area contributed by atoms with E-state index in [4.69, 9.17) is 0 Å². The van der Waals surface area contributed by atoms with Crippen molar-refractivity contribution in [2.75, 3.05) is 0 Å². The van der Waals surface area contributed by atoms with Crippen LogP contribution in [0.3, 0.4) is 0 Å². The maximum Gasteiger partial charge on any atom is 0.193 e. The molecule has 1 nitrogen and oxygen atoms in total. The molecule has 2 atom stereocenters. The van der Waals surface area contributed by atoms with Gasteiger partial charge in [-0.1, -0.05) is 74.4 Å². The van der Waals surface area contributed by atoms with E-state index in [1.807, 2.05) is 42.5 Å². The lowest BCUT2D eigenvalue weighted by atomic mass is 9.78. The number of ketones is 1. The van der Waals surface area contributed by atoms with E-state index >= 15 is 0 Å². The highest BCUT2D eigenvalue weighted by atomic mass is 16.1. The second-order valence-electron chi connectivity index (χ2n) is 6.29. The van der Waals surface area contributed by atoms with E-state index in [0.29, 0.717) is 5.92 Å². The zero-order valence-corrected chi connectivity index (χ0v) is 12.6. The van der Waals surface area contributed by atoms with Crippen molar-refractivity contribution in [3.8, 4) is 0 Å². The van der Waals surface area contributed by atoms with Gasteiger partial charge in [-0.3, -0.25) is 4.79 Å². The molecule has 2 aromatic carbocycles. The zero-order valence-electron chi connectivity index (χ0n) is 12.6. The standard InChI is InChI=1S/C20H22O/c1-15-6-5-9-19(14-15)16-10-12-18(13-11-16)20(21)17-7-3-2-4-8-17/h2-4,7-8,10-13,15,19H,5-6,9,14H2,1H3/t15-,19+/m1/s1. The number of hydrogen-bond donors (Lipinski definition) is 0. The minimum atomic E-state index is 0.110. The summed E-state index contributed by atoms with van der Waals surface area (Å²) in [6.45, 7) is 2.35. The second kappa shape index (κ2) is 6.26. The van der Waals surface area contributed by atoms with Crippen LogP contribution >= 0.6 is 0 Å². The summed E-state index contributed by atoms with van der Waals surface area (Å²) in [5.74, 6) is 1.61. The summed E-state index contributed by atoms with van der Waals surface area (Å²) in [7, 11) is 0. The molecule has 0 saturated heterocycles. The van der Waals surface area contributed by atoms with Gasteiger partial charge in [-0.2, -0.15) is 0 Å². The van der Waals surface area contributed by atoms with Gasteiger partial charge in [0.2, 0.25) is 0 Å². The minimum absolute atomic E-state index is 0.110. The molecule has 0 bridgehead atoms. The lowest BCUT2D eigenvalue weighted by Crippen LogP contribution is -2.11. The molecule has 0 aliphatic heterocycles. The topological polar surface area (TPSA) is 17.1 Å². The number of benzene rings is 2. The van der Waals surface area contributed by atoms with Crippen molar-refractivity contribution in [2.45, 2.75) is 38.5 Å². The molecule has 1 aliphatic carbocycles. The average Bonchev–Trinajstić information content (AvgIpc) is 2.55. The van der Waals surface area contributed by atoms with E-state index < -0.39 is 0 Å². The monoisotopic (exact) mass is 278 g/mol. The van der Waals surface area contributed by atoms with Crippen LogP contribution in [0.4, 0.5) is 0 Å². The third-order valence-electron chi connectivity index (χ3n) is 4.62. The number of carbonyl (C=O) groups excluding carboxylic acids is 1. The first-order chi connectivity index (χ1) is 10.2. The largest absolute Gasteiger partial charge is 0.289 e. The first-order valence-electron chi connectivity index (χ1n) is 7.94. The van der Waals surface area contributed by atoms with E-state index in [1.165, 1.54) is 31.2 Å². The molecule has 0 aromatic heterocycles. The van der Waals surface area contributed by atoms with Gasteiger partial charge in [0.15, 0.2) is 5.78 Å². The van der Waals surface area contributed by atoms with Gasteiger partial charge in [0.05, 0.1) is 0 Å². The molecule has 2 aromatic rings. The highest BCUT2D eigenvalue weighted by Crippen LogP contribution is 2.35. The maximum atomic E-state index is 12.4. The minimum Gasteiger partial charge on any atom is -0.289 e. The summed E-state index contributed by atoms with van der Waals surface area (Å²) in [5, 5.41) is 0. The van der Waals surface area contributed by atoms with Crippen LogP contribution in [0.2, 0.25) is 0 Å². The first kappa shape index (κ1) is 14.1. The van der Waals surface area contributed by atoms with Gasteiger partial charge in [0.1, 0.15) is 0 Å². The Bertz CT molecular complexity index is 597. The van der Waals surface area contributed by atoms with Crippen molar-refractivity contribution in [3.05, 3.63) is 71.3 Å². The van der Waals surface area contributed by atoms with Gasteiger partial charge in [0.25, 0.3) is 0 Å². The van der Waals surface area contributed by atoms with Crippen molar-refractivity contribution >= 4 is 5.78 Å². The molecule has 0 heterocycles. The van der Waals surface area contributed by atoms with Crippen LogP contribution in [-0.4, -0.2) is 5.78 Å². The Hall–Kier alpha value is -1.89. The molecule has 1 fully saturated rings. The molecule has 1 aliphatic rings.